The van der Waals surface area contributed by atoms with E-state index in [0.717, 1.165) is 23.8 Å². The average molecular weight is 403 g/mol. The summed E-state index contributed by atoms with van der Waals surface area (Å²) in [5.74, 6) is -2.34. The van der Waals surface area contributed by atoms with Gasteiger partial charge in [-0.05, 0) is 42.8 Å². The van der Waals surface area contributed by atoms with E-state index in [2.05, 4.69) is 10.6 Å². The number of imide groups is 1. The predicted octanol–water partition coefficient (Wildman–Crippen LogP) is 2.06. The zero-order valence-corrected chi connectivity index (χ0v) is 15.8. The van der Waals surface area contributed by atoms with Gasteiger partial charge in [0.2, 0.25) is 5.91 Å². The van der Waals surface area contributed by atoms with Crippen LogP contribution in [0.1, 0.15) is 18.1 Å². The molecule has 0 aromatic heterocycles. The van der Waals surface area contributed by atoms with Gasteiger partial charge in [-0.1, -0.05) is 12.1 Å². The SMILES string of the molecule is COc1ccc(CNC(=O)CN2C(=O)N[C@](C)(c3cc(F)ccc3F)C2=O)cc1. The number of halogens is 2. The number of methoxy groups -OCH3 is 1. The van der Waals surface area contributed by atoms with Crippen molar-refractivity contribution in [1.82, 2.24) is 15.5 Å². The molecule has 152 valence electrons. The molecule has 0 bridgehead atoms. The molecular formula is C20H19F2N3O4. The summed E-state index contributed by atoms with van der Waals surface area (Å²) in [5.41, 5.74) is -1.32. The van der Waals surface area contributed by atoms with Crippen LogP contribution in [0, 0.1) is 11.6 Å². The third kappa shape index (κ3) is 4.03. The molecule has 1 atom stereocenters. The fourth-order valence-electron chi connectivity index (χ4n) is 3.05. The van der Waals surface area contributed by atoms with Gasteiger partial charge in [-0.25, -0.2) is 13.6 Å². The number of carbonyl (C=O) groups is 3. The molecule has 3 rings (SSSR count). The van der Waals surface area contributed by atoms with Gasteiger partial charge in [0, 0.05) is 12.1 Å². The van der Waals surface area contributed by atoms with Crippen LogP contribution in [0.15, 0.2) is 42.5 Å². The van der Waals surface area contributed by atoms with Gasteiger partial charge in [0.25, 0.3) is 5.91 Å². The Labute approximate surface area is 165 Å². The summed E-state index contributed by atoms with van der Waals surface area (Å²) in [7, 11) is 1.54. The maximum absolute atomic E-state index is 14.1. The first-order valence-corrected chi connectivity index (χ1v) is 8.74. The fourth-order valence-corrected chi connectivity index (χ4v) is 3.05. The van der Waals surface area contributed by atoms with Crippen molar-refractivity contribution in [2.75, 3.05) is 13.7 Å². The first kappa shape index (κ1) is 20.2. The Morgan fingerprint density at radius 3 is 2.52 bits per heavy atom. The molecule has 1 aliphatic rings. The standard InChI is InChI=1S/C20H19F2N3O4/c1-20(15-9-13(21)5-8-16(15)22)18(27)25(19(28)24-20)11-17(26)23-10-12-3-6-14(29-2)7-4-12/h3-9H,10-11H2,1-2H3,(H,23,26)(H,24,28)/t20-/m1/s1. The molecule has 1 saturated heterocycles. The van der Waals surface area contributed by atoms with Crippen molar-refractivity contribution in [3.8, 4) is 5.75 Å². The number of rotatable bonds is 6. The van der Waals surface area contributed by atoms with Gasteiger partial charge in [0.1, 0.15) is 29.5 Å². The normalized spacial score (nSPS) is 18.6. The van der Waals surface area contributed by atoms with E-state index in [9.17, 15) is 23.2 Å². The summed E-state index contributed by atoms with van der Waals surface area (Å²) in [4.78, 5) is 37.9. The van der Waals surface area contributed by atoms with Crippen molar-refractivity contribution in [3.63, 3.8) is 0 Å². The van der Waals surface area contributed by atoms with Gasteiger partial charge >= 0.3 is 6.03 Å². The number of amides is 4. The van der Waals surface area contributed by atoms with Crippen LogP contribution >= 0.6 is 0 Å². The Balaban J connectivity index is 1.67. The van der Waals surface area contributed by atoms with Crippen molar-refractivity contribution in [3.05, 3.63) is 65.2 Å². The van der Waals surface area contributed by atoms with Crippen molar-refractivity contribution in [2.24, 2.45) is 0 Å². The van der Waals surface area contributed by atoms with Crippen LogP contribution in [0.25, 0.3) is 0 Å². The lowest BCUT2D eigenvalue weighted by atomic mass is 9.91. The smallest absolute Gasteiger partial charge is 0.325 e. The van der Waals surface area contributed by atoms with Crippen LogP contribution in [-0.2, 0) is 21.7 Å². The first-order valence-electron chi connectivity index (χ1n) is 8.74. The number of nitrogens with one attached hydrogen (secondary N) is 2. The lowest BCUT2D eigenvalue weighted by molar-refractivity contribution is -0.134. The first-order chi connectivity index (χ1) is 13.7. The minimum absolute atomic E-state index is 0.183. The maximum Gasteiger partial charge on any atom is 0.325 e. The molecule has 1 heterocycles. The monoisotopic (exact) mass is 403 g/mol. The van der Waals surface area contributed by atoms with Gasteiger partial charge in [0.15, 0.2) is 0 Å². The molecule has 7 nitrogen and oxygen atoms in total. The zero-order valence-electron chi connectivity index (χ0n) is 15.8. The quantitative estimate of drug-likeness (QED) is 0.723. The van der Waals surface area contributed by atoms with Gasteiger partial charge in [-0.15, -0.1) is 0 Å². The van der Waals surface area contributed by atoms with E-state index >= 15 is 0 Å². The number of ether oxygens (including phenoxy) is 1. The highest BCUT2D eigenvalue weighted by atomic mass is 19.1. The highest BCUT2D eigenvalue weighted by Crippen LogP contribution is 2.31. The van der Waals surface area contributed by atoms with Crippen LogP contribution < -0.4 is 15.4 Å². The molecule has 2 aromatic carbocycles. The number of benzene rings is 2. The van der Waals surface area contributed by atoms with Gasteiger partial charge in [0.05, 0.1) is 7.11 Å². The minimum Gasteiger partial charge on any atom is -0.497 e. The highest BCUT2D eigenvalue weighted by Gasteiger charge is 2.50. The molecule has 9 heteroatoms. The summed E-state index contributed by atoms with van der Waals surface area (Å²) in [6, 6.07) is 8.76. The van der Waals surface area contributed by atoms with Gasteiger partial charge in [-0.3, -0.25) is 14.5 Å². The Hall–Kier alpha value is -3.49. The van der Waals surface area contributed by atoms with Crippen LogP contribution in [0.3, 0.4) is 0 Å². The van der Waals surface area contributed by atoms with Crippen molar-refractivity contribution < 1.29 is 27.9 Å². The molecule has 2 aromatic rings. The Morgan fingerprint density at radius 2 is 1.86 bits per heavy atom. The Kier molecular flexibility index (Phi) is 5.49. The van der Waals surface area contributed by atoms with Crippen LogP contribution in [0.4, 0.5) is 13.6 Å². The number of hydrogen-bond acceptors (Lipinski definition) is 4. The second kappa shape index (κ2) is 7.86. The summed E-state index contributed by atoms with van der Waals surface area (Å²) in [5, 5.41) is 4.95. The molecule has 4 amide bonds. The fraction of sp³-hybridized carbons (Fsp3) is 0.250. The van der Waals surface area contributed by atoms with Crippen LogP contribution in [0.5, 0.6) is 5.75 Å². The third-order valence-electron chi connectivity index (χ3n) is 4.69. The molecule has 0 saturated carbocycles. The van der Waals surface area contributed by atoms with Crippen LogP contribution in [-0.4, -0.2) is 36.4 Å². The molecular weight excluding hydrogens is 384 g/mol. The molecule has 0 aliphatic carbocycles. The molecule has 0 unspecified atom stereocenters. The highest BCUT2D eigenvalue weighted by molar-refractivity contribution is 6.09. The summed E-state index contributed by atoms with van der Waals surface area (Å²) < 4.78 is 32.7. The second-order valence-electron chi connectivity index (χ2n) is 6.70. The predicted molar refractivity (Wildman–Crippen MR) is 98.8 cm³/mol. The van der Waals surface area contributed by atoms with Crippen molar-refractivity contribution in [2.45, 2.75) is 19.0 Å². The Morgan fingerprint density at radius 1 is 1.17 bits per heavy atom. The molecule has 29 heavy (non-hydrogen) atoms. The molecule has 0 spiro atoms. The lowest BCUT2D eigenvalue weighted by Crippen LogP contribution is -2.43. The number of carbonyl (C=O) groups excluding carboxylic acids is 3. The number of hydrogen-bond donors (Lipinski definition) is 2. The summed E-state index contributed by atoms with van der Waals surface area (Å²) in [6.07, 6.45) is 0. The molecule has 0 radical (unpaired) electrons. The molecule has 1 aliphatic heterocycles. The van der Waals surface area contributed by atoms with Crippen LogP contribution in [0.2, 0.25) is 0 Å². The largest absolute Gasteiger partial charge is 0.497 e. The van der Waals surface area contributed by atoms with E-state index in [1.807, 2.05) is 0 Å². The zero-order chi connectivity index (χ0) is 21.2. The average Bonchev–Trinajstić information content (AvgIpc) is 2.92. The second-order valence-corrected chi connectivity index (χ2v) is 6.70. The van der Waals surface area contributed by atoms with E-state index in [-0.39, 0.29) is 12.1 Å². The molecule has 1 fully saturated rings. The summed E-state index contributed by atoms with van der Waals surface area (Å²) >= 11 is 0. The minimum atomic E-state index is -1.81. The third-order valence-corrected chi connectivity index (χ3v) is 4.69. The maximum atomic E-state index is 14.1. The van der Waals surface area contributed by atoms with E-state index in [1.165, 1.54) is 6.92 Å². The van der Waals surface area contributed by atoms with E-state index in [0.29, 0.717) is 10.6 Å². The van der Waals surface area contributed by atoms with Gasteiger partial charge < -0.3 is 15.4 Å². The van der Waals surface area contributed by atoms with E-state index < -0.39 is 41.6 Å². The Bertz CT molecular complexity index is 965. The number of nitrogens with zero attached hydrogens (tertiary/aromatic N) is 1. The number of urea groups is 1. The van der Waals surface area contributed by atoms with Crippen molar-refractivity contribution in [1.29, 1.82) is 0 Å². The summed E-state index contributed by atoms with van der Waals surface area (Å²) in [6.45, 7) is 0.899. The van der Waals surface area contributed by atoms with E-state index in [4.69, 9.17) is 4.74 Å². The molecule has 2 N–H and O–H groups in total. The lowest BCUT2D eigenvalue weighted by Gasteiger charge is -2.22. The van der Waals surface area contributed by atoms with Gasteiger partial charge in [-0.2, -0.15) is 0 Å². The van der Waals surface area contributed by atoms with Crippen molar-refractivity contribution >= 4 is 17.8 Å². The van der Waals surface area contributed by atoms with E-state index in [1.54, 1.807) is 31.4 Å². The topological polar surface area (TPSA) is 87.7 Å².